The lowest BCUT2D eigenvalue weighted by Gasteiger charge is -2.34. The SMILES string of the molecule is CNC(=O)C1CCCN(CC(=O)N2CCNCC2)C1. The van der Waals surface area contributed by atoms with Gasteiger partial charge in [-0.05, 0) is 19.4 Å². The van der Waals surface area contributed by atoms with Crippen LogP contribution in [-0.2, 0) is 9.59 Å². The molecule has 1 atom stereocenters. The molecule has 6 nitrogen and oxygen atoms in total. The van der Waals surface area contributed by atoms with Crippen LogP contribution < -0.4 is 10.6 Å². The summed E-state index contributed by atoms with van der Waals surface area (Å²) in [6.07, 6.45) is 1.92. The highest BCUT2D eigenvalue weighted by Crippen LogP contribution is 2.16. The van der Waals surface area contributed by atoms with Crippen molar-refractivity contribution in [3.05, 3.63) is 0 Å². The summed E-state index contributed by atoms with van der Waals surface area (Å²) >= 11 is 0. The van der Waals surface area contributed by atoms with Crippen LogP contribution in [-0.4, -0.2) is 74.5 Å². The number of piperidine rings is 1. The molecular formula is C13H24N4O2. The molecule has 2 amide bonds. The number of piperazine rings is 1. The van der Waals surface area contributed by atoms with Crippen LogP contribution in [0.15, 0.2) is 0 Å². The van der Waals surface area contributed by atoms with Crippen molar-refractivity contribution >= 4 is 11.8 Å². The molecule has 2 rings (SSSR count). The van der Waals surface area contributed by atoms with Crippen LogP contribution in [0.1, 0.15) is 12.8 Å². The summed E-state index contributed by atoms with van der Waals surface area (Å²) in [5, 5.41) is 5.95. The maximum Gasteiger partial charge on any atom is 0.236 e. The first kappa shape index (κ1) is 14.3. The predicted octanol–water partition coefficient (Wildman–Crippen LogP) is -1.12. The lowest BCUT2D eigenvalue weighted by molar-refractivity contribution is -0.135. The highest BCUT2D eigenvalue weighted by atomic mass is 16.2. The van der Waals surface area contributed by atoms with Gasteiger partial charge in [-0.2, -0.15) is 0 Å². The van der Waals surface area contributed by atoms with E-state index in [1.165, 1.54) is 0 Å². The van der Waals surface area contributed by atoms with Gasteiger partial charge in [-0.1, -0.05) is 0 Å². The highest BCUT2D eigenvalue weighted by Gasteiger charge is 2.27. The quantitative estimate of drug-likeness (QED) is 0.680. The molecule has 0 aromatic carbocycles. The van der Waals surface area contributed by atoms with Crippen LogP contribution in [0.4, 0.5) is 0 Å². The van der Waals surface area contributed by atoms with E-state index in [-0.39, 0.29) is 17.7 Å². The van der Waals surface area contributed by atoms with E-state index in [4.69, 9.17) is 0 Å². The van der Waals surface area contributed by atoms with Crippen molar-refractivity contribution in [2.24, 2.45) is 5.92 Å². The van der Waals surface area contributed by atoms with E-state index >= 15 is 0 Å². The molecule has 2 aliphatic rings. The van der Waals surface area contributed by atoms with Crippen LogP contribution in [0.25, 0.3) is 0 Å². The summed E-state index contributed by atoms with van der Waals surface area (Å²) in [5.41, 5.74) is 0. The average molecular weight is 268 g/mol. The Hall–Kier alpha value is -1.14. The van der Waals surface area contributed by atoms with Gasteiger partial charge in [0.15, 0.2) is 0 Å². The minimum atomic E-state index is 0.0366. The normalized spacial score (nSPS) is 25.1. The number of nitrogens with one attached hydrogen (secondary N) is 2. The molecule has 0 radical (unpaired) electrons. The molecule has 2 aliphatic heterocycles. The summed E-state index contributed by atoms with van der Waals surface area (Å²) < 4.78 is 0. The van der Waals surface area contributed by atoms with Gasteiger partial charge >= 0.3 is 0 Å². The van der Waals surface area contributed by atoms with Crippen LogP contribution in [0.3, 0.4) is 0 Å². The number of nitrogens with zero attached hydrogens (tertiary/aromatic N) is 2. The Balaban J connectivity index is 1.81. The average Bonchev–Trinajstić information content (AvgIpc) is 2.47. The van der Waals surface area contributed by atoms with E-state index in [1.54, 1.807) is 7.05 Å². The molecule has 0 spiro atoms. The van der Waals surface area contributed by atoms with Crippen molar-refractivity contribution in [2.75, 3.05) is 52.9 Å². The molecule has 0 aliphatic carbocycles. The van der Waals surface area contributed by atoms with Crippen LogP contribution in [0, 0.1) is 5.92 Å². The van der Waals surface area contributed by atoms with E-state index < -0.39 is 0 Å². The van der Waals surface area contributed by atoms with Crippen molar-refractivity contribution in [1.82, 2.24) is 20.4 Å². The van der Waals surface area contributed by atoms with Gasteiger partial charge < -0.3 is 15.5 Å². The molecule has 0 bridgehead atoms. The summed E-state index contributed by atoms with van der Waals surface area (Å²) in [6, 6.07) is 0. The Morgan fingerprint density at radius 3 is 2.68 bits per heavy atom. The van der Waals surface area contributed by atoms with Gasteiger partial charge in [0.2, 0.25) is 11.8 Å². The minimum absolute atomic E-state index is 0.0366. The maximum absolute atomic E-state index is 12.2. The zero-order valence-corrected chi connectivity index (χ0v) is 11.7. The second-order valence-electron chi connectivity index (χ2n) is 5.32. The third-order valence-electron chi connectivity index (χ3n) is 3.95. The molecule has 2 heterocycles. The van der Waals surface area contributed by atoms with Crippen LogP contribution >= 0.6 is 0 Å². The first-order valence-electron chi connectivity index (χ1n) is 7.13. The second-order valence-corrected chi connectivity index (χ2v) is 5.32. The number of carbonyl (C=O) groups excluding carboxylic acids is 2. The van der Waals surface area contributed by atoms with E-state index in [9.17, 15) is 9.59 Å². The number of rotatable bonds is 3. The van der Waals surface area contributed by atoms with Gasteiger partial charge in [0.05, 0.1) is 12.5 Å². The highest BCUT2D eigenvalue weighted by molar-refractivity contribution is 5.80. The molecular weight excluding hydrogens is 244 g/mol. The van der Waals surface area contributed by atoms with Crippen LogP contribution in [0.2, 0.25) is 0 Å². The van der Waals surface area contributed by atoms with Crippen LogP contribution in [0.5, 0.6) is 0 Å². The van der Waals surface area contributed by atoms with Gasteiger partial charge in [0.25, 0.3) is 0 Å². The lowest BCUT2D eigenvalue weighted by Crippen LogP contribution is -2.51. The maximum atomic E-state index is 12.2. The molecule has 19 heavy (non-hydrogen) atoms. The predicted molar refractivity (Wildman–Crippen MR) is 72.7 cm³/mol. The Morgan fingerprint density at radius 2 is 2.00 bits per heavy atom. The first-order valence-corrected chi connectivity index (χ1v) is 7.13. The Morgan fingerprint density at radius 1 is 1.26 bits per heavy atom. The zero-order chi connectivity index (χ0) is 13.7. The Kier molecular flexibility index (Phi) is 5.15. The van der Waals surface area contributed by atoms with Gasteiger partial charge in [-0.15, -0.1) is 0 Å². The number of carbonyl (C=O) groups is 2. The third-order valence-corrected chi connectivity index (χ3v) is 3.95. The fourth-order valence-electron chi connectivity index (χ4n) is 2.82. The molecule has 108 valence electrons. The molecule has 0 aromatic rings. The van der Waals surface area contributed by atoms with Crippen molar-refractivity contribution in [1.29, 1.82) is 0 Å². The fourth-order valence-corrected chi connectivity index (χ4v) is 2.82. The van der Waals surface area contributed by atoms with Gasteiger partial charge in [0.1, 0.15) is 0 Å². The summed E-state index contributed by atoms with van der Waals surface area (Å²) in [6.45, 7) is 5.44. The van der Waals surface area contributed by atoms with E-state index in [0.717, 1.165) is 45.6 Å². The summed E-state index contributed by atoms with van der Waals surface area (Å²) in [7, 11) is 1.67. The van der Waals surface area contributed by atoms with Crippen molar-refractivity contribution in [3.8, 4) is 0 Å². The van der Waals surface area contributed by atoms with Gasteiger partial charge in [-0.25, -0.2) is 0 Å². The monoisotopic (exact) mass is 268 g/mol. The van der Waals surface area contributed by atoms with Crippen molar-refractivity contribution < 1.29 is 9.59 Å². The van der Waals surface area contributed by atoms with Crippen molar-refractivity contribution in [3.63, 3.8) is 0 Å². The Labute approximate surface area is 114 Å². The van der Waals surface area contributed by atoms with E-state index in [1.807, 2.05) is 4.90 Å². The molecule has 6 heteroatoms. The second kappa shape index (κ2) is 6.86. The molecule has 2 saturated heterocycles. The molecule has 0 saturated carbocycles. The molecule has 1 unspecified atom stereocenters. The van der Waals surface area contributed by atoms with Gasteiger partial charge in [0, 0.05) is 39.8 Å². The zero-order valence-electron chi connectivity index (χ0n) is 11.7. The Bertz CT molecular complexity index is 329. The molecule has 2 N–H and O–H groups in total. The molecule has 2 fully saturated rings. The number of likely N-dealkylation sites (tertiary alicyclic amines) is 1. The summed E-state index contributed by atoms with van der Waals surface area (Å²) in [4.78, 5) is 27.9. The number of amides is 2. The van der Waals surface area contributed by atoms with E-state index in [2.05, 4.69) is 15.5 Å². The lowest BCUT2D eigenvalue weighted by atomic mass is 9.97. The van der Waals surface area contributed by atoms with Gasteiger partial charge in [-0.3, -0.25) is 14.5 Å². The third kappa shape index (κ3) is 3.91. The minimum Gasteiger partial charge on any atom is -0.359 e. The number of hydrogen-bond acceptors (Lipinski definition) is 4. The topological polar surface area (TPSA) is 64.7 Å². The van der Waals surface area contributed by atoms with E-state index in [0.29, 0.717) is 13.1 Å². The smallest absolute Gasteiger partial charge is 0.236 e. The number of hydrogen-bond donors (Lipinski definition) is 2. The standard InChI is InChI=1S/C13H24N4O2/c1-14-13(19)11-3-2-6-16(9-11)10-12(18)17-7-4-15-5-8-17/h11,15H,2-10H2,1H3,(H,14,19). The first-order chi connectivity index (χ1) is 9.20. The molecule has 0 aromatic heterocycles. The fraction of sp³-hybridized carbons (Fsp3) is 0.846. The summed E-state index contributed by atoms with van der Waals surface area (Å²) in [5.74, 6) is 0.327. The van der Waals surface area contributed by atoms with Crippen molar-refractivity contribution in [2.45, 2.75) is 12.8 Å². The largest absolute Gasteiger partial charge is 0.359 e.